The normalized spacial score (nSPS) is 12.8. The molecule has 0 amide bonds. The Morgan fingerprint density at radius 2 is 1.96 bits per heavy atom. The van der Waals surface area contributed by atoms with Crippen molar-refractivity contribution in [2.45, 2.75) is 57.4 Å². The highest BCUT2D eigenvalue weighted by atomic mass is 32.2. The lowest BCUT2D eigenvalue weighted by molar-refractivity contribution is 0.0697. The molecule has 1 atom stereocenters. The number of carboxylic acid groups (broad SMARTS) is 1. The average Bonchev–Trinajstić information content (AvgIpc) is 2.47. The van der Waals surface area contributed by atoms with E-state index in [0.29, 0.717) is 12.2 Å². The van der Waals surface area contributed by atoms with Gasteiger partial charge in [0, 0.05) is 18.3 Å². The zero-order chi connectivity index (χ0) is 17.5. The molecule has 0 aromatic heterocycles. The maximum atomic E-state index is 12.3. The summed E-state index contributed by atoms with van der Waals surface area (Å²) in [6.45, 7) is 6.46. The minimum Gasteiger partial charge on any atom is -0.478 e. The van der Waals surface area contributed by atoms with Crippen LogP contribution >= 0.6 is 0 Å². The quantitative estimate of drug-likeness (QED) is 0.568. The number of benzene rings is 1. The zero-order valence-electron chi connectivity index (χ0n) is 13.9. The summed E-state index contributed by atoms with van der Waals surface area (Å²) in [6.07, 6.45) is 3.49. The molecule has 0 aliphatic rings. The van der Waals surface area contributed by atoms with Crippen LogP contribution in [0.3, 0.4) is 0 Å². The number of anilines is 1. The molecule has 7 heteroatoms. The van der Waals surface area contributed by atoms with Crippen molar-refractivity contribution in [2.75, 3.05) is 11.9 Å². The van der Waals surface area contributed by atoms with Crippen molar-refractivity contribution in [3.05, 3.63) is 23.8 Å². The molecule has 0 spiro atoms. The van der Waals surface area contributed by atoms with E-state index < -0.39 is 16.0 Å². The van der Waals surface area contributed by atoms with Crippen LogP contribution in [0.1, 0.15) is 56.8 Å². The molecule has 0 aliphatic carbocycles. The molecule has 3 N–H and O–H groups in total. The third kappa shape index (κ3) is 5.84. The number of hydrogen-bond acceptors (Lipinski definition) is 4. The second-order valence-corrected chi connectivity index (χ2v) is 7.32. The Hall–Kier alpha value is -1.60. The van der Waals surface area contributed by atoms with Gasteiger partial charge >= 0.3 is 5.97 Å². The molecule has 1 rings (SSSR count). The van der Waals surface area contributed by atoms with E-state index >= 15 is 0 Å². The fraction of sp³-hybridized carbons (Fsp3) is 0.562. The first-order valence-corrected chi connectivity index (χ1v) is 9.43. The third-order valence-corrected chi connectivity index (χ3v) is 5.04. The molecule has 0 radical (unpaired) electrons. The monoisotopic (exact) mass is 342 g/mol. The van der Waals surface area contributed by atoms with Crippen LogP contribution in [0.25, 0.3) is 0 Å². The van der Waals surface area contributed by atoms with E-state index in [9.17, 15) is 18.3 Å². The van der Waals surface area contributed by atoms with Crippen molar-refractivity contribution < 1.29 is 18.3 Å². The molecule has 0 bridgehead atoms. The van der Waals surface area contributed by atoms with E-state index in [1.165, 1.54) is 18.2 Å². The van der Waals surface area contributed by atoms with Gasteiger partial charge in [-0.1, -0.05) is 26.7 Å². The SMILES string of the molecule is CCCCNc1ccc(S(=O)(=O)NC(C)CCC)cc1C(=O)O. The fourth-order valence-electron chi connectivity index (χ4n) is 2.25. The Kier molecular flexibility index (Phi) is 7.51. The summed E-state index contributed by atoms with van der Waals surface area (Å²) in [5.74, 6) is -1.15. The summed E-state index contributed by atoms with van der Waals surface area (Å²) >= 11 is 0. The lowest BCUT2D eigenvalue weighted by Crippen LogP contribution is -2.32. The number of sulfonamides is 1. The molecule has 1 unspecified atom stereocenters. The number of unbranched alkanes of at least 4 members (excludes halogenated alkanes) is 1. The smallest absolute Gasteiger partial charge is 0.337 e. The number of carbonyl (C=O) groups is 1. The Morgan fingerprint density at radius 1 is 1.26 bits per heavy atom. The van der Waals surface area contributed by atoms with Crippen LogP contribution < -0.4 is 10.0 Å². The van der Waals surface area contributed by atoms with Crippen LogP contribution in [0.5, 0.6) is 0 Å². The standard InChI is InChI=1S/C16H26N2O4S/c1-4-6-10-17-15-9-8-13(11-14(15)16(19)20)23(21,22)18-12(3)7-5-2/h8-9,11-12,17-18H,4-7,10H2,1-3H3,(H,19,20). The highest BCUT2D eigenvalue weighted by Crippen LogP contribution is 2.21. The van der Waals surface area contributed by atoms with Gasteiger partial charge < -0.3 is 10.4 Å². The lowest BCUT2D eigenvalue weighted by atomic mass is 10.1. The number of hydrogen-bond donors (Lipinski definition) is 3. The van der Waals surface area contributed by atoms with Crippen LogP contribution in [0.2, 0.25) is 0 Å². The molecule has 23 heavy (non-hydrogen) atoms. The molecule has 130 valence electrons. The van der Waals surface area contributed by atoms with Crippen LogP contribution in [-0.4, -0.2) is 32.1 Å². The predicted octanol–water partition coefficient (Wildman–Crippen LogP) is 3.06. The third-order valence-electron chi connectivity index (χ3n) is 3.46. The second-order valence-electron chi connectivity index (χ2n) is 5.60. The Morgan fingerprint density at radius 3 is 2.52 bits per heavy atom. The van der Waals surface area contributed by atoms with Gasteiger partial charge in [-0.15, -0.1) is 0 Å². The van der Waals surface area contributed by atoms with Gasteiger partial charge in [0.1, 0.15) is 0 Å². The van der Waals surface area contributed by atoms with Gasteiger partial charge in [0.05, 0.1) is 10.5 Å². The zero-order valence-corrected chi connectivity index (χ0v) is 14.7. The number of rotatable bonds is 10. The first-order valence-electron chi connectivity index (χ1n) is 7.95. The second kappa shape index (κ2) is 8.88. The molecular formula is C16H26N2O4S. The van der Waals surface area contributed by atoms with Gasteiger partial charge in [-0.25, -0.2) is 17.9 Å². The Labute approximate surface area is 138 Å². The summed E-state index contributed by atoms with van der Waals surface area (Å²) in [5, 5.41) is 12.4. The van der Waals surface area contributed by atoms with Crippen molar-refractivity contribution in [2.24, 2.45) is 0 Å². The van der Waals surface area contributed by atoms with E-state index in [1.807, 2.05) is 13.8 Å². The minimum atomic E-state index is -3.72. The molecule has 0 heterocycles. The van der Waals surface area contributed by atoms with Gasteiger partial charge in [0.25, 0.3) is 0 Å². The molecule has 6 nitrogen and oxygen atoms in total. The maximum absolute atomic E-state index is 12.3. The number of carboxylic acids is 1. The van der Waals surface area contributed by atoms with Crippen molar-refractivity contribution in [3.8, 4) is 0 Å². The highest BCUT2D eigenvalue weighted by molar-refractivity contribution is 7.89. The van der Waals surface area contributed by atoms with E-state index in [1.54, 1.807) is 6.92 Å². The summed E-state index contributed by atoms with van der Waals surface area (Å²) in [5.41, 5.74) is 0.402. The van der Waals surface area contributed by atoms with E-state index in [4.69, 9.17) is 0 Å². The van der Waals surface area contributed by atoms with Crippen LogP contribution in [0.4, 0.5) is 5.69 Å². The largest absolute Gasteiger partial charge is 0.478 e. The number of aromatic carboxylic acids is 1. The first-order chi connectivity index (χ1) is 10.8. The number of nitrogens with one attached hydrogen (secondary N) is 2. The van der Waals surface area contributed by atoms with Crippen LogP contribution in [0, 0.1) is 0 Å². The molecular weight excluding hydrogens is 316 g/mol. The Balaban J connectivity index is 3.04. The maximum Gasteiger partial charge on any atom is 0.337 e. The van der Waals surface area contributed by atoms with E-state index in [-0.39, 0.29) is 16.5 Å². The van der Waals surface area contributed by atoms with E-state index in [0.717, 1.165) is 25.7 Å². The van der Waals surface area contributed by atoms with Gasteiger partial charge in [-0.3, -0.25) is 0 Å². The van der Waals surface area contributed by atoms with Crippen LogP contribution in [0.15, 0.2) is 23.1 Å². The molecule has 0 saturated heterocycles. The molecule has 1 aromatic rings. The van der Waals surface area contributed by atoms with E-state index in [2.05, 4.69) is 10.0 Å². The topological polar surface area (TPSA) is 95.5 Å². The first kappa shape index (κ1) is 19.4. The molecule has 1 aromatic carbocycles. The predicted molar refractivity (Wildman–Crippen MR) is 91.5 cm³/mol. The molecule has 0 fully saturated rings. The van der Waals surface area contributed by atoms with Crippen LogP contribution in [-0.2, 0) is 10.0 Å². The lowest BCUT2D eigenvalue weighted by Gasteiger charge is -2.15. The van der Waals surface area contributed by atoms with Gasteiger partial charge in [-0.2, -0.15) is 0 Å². The molecule has 0 aliphatic heterocycles. The van der Waals surface area contributed by atoms with Crippen molar-refractivity contribution in [1.82, 2.24) is 4.72 Å². The highest BCUT2D eigenvalue weighted by Gasteiger charge is 2.20. The molecule has 0 saturated carbocycles. The summed E-state index contributed by atoms with van der Waals surface area (Å²) in [7, 11) is -3.72. The minimum absolute atomic E-state index is 0.0288. The van der Waals surface area contributed by atoms with Gasteiger partial charge in [0.15, 0.2) is 0 Å². The van der Waals surface area contributed by atoms with Crippen molar-refractivity contribution in [1.29, 1.82) is 0 Å². The fourth-order valence-corrected chi connectivity index (χ4v) is 3.55. The summed E-state index contributed by atoms with van der Waals surface area (Å²) in [4.78, 5) is 11.4. The summed E-state index contributed by atoms with van der Waals surface area (Å²) in [6, 6.07) is 3.96. The Bertz CT molecular complexity index is 629. The van der Waals surface area contributed by atoms with Crippen molar-refractivity contribution >= 4 is 21.7 Å². The average molecular weight is 342 g/mol. The van der Waals surface area contributed by atoms with Crippen molar-refractivity contribution in [3.63, 3.8) is 0 Å². The van der Waals surface area contributed by atoms with Gasteiger partial charge in [0.2, 0.25) is 10.0 Å². The van der Waals surface area contributed by atoms with Gasteiger partial charge in [-0.05, 0) is 38.0 Å². The summed E-state index contributed by atoms with van der Waals surface area (Å²) < 4.78 is 27.2.